The Morgan fingerprint density at radius 3 is 2.35 bits per heavy atom. The molecular formula is C15H28N2O3. The zero-order valence-corrected chi connectivity index (χ0v) is 12.7. The highest BCUT2D eigenvalue weighted by Crippen LogP contribution is 2.23. The molecule has 0 aromatic carbocycles. The average Bonchev–Trinajstić information content (AvgIpc) is 2.39. The number of rotatable bonds is 7. The predicted octanol–water partition coefficient (Wildman–Crippen LogP) is 1.35. The standard InChI is InChI=1S/C15H28N2O3/c1-11(8-9-18)16-14(19)10-12(2)17-15(20)13-6-4-3-5-7-13/h11-13,18H,3-10H2,1-2H3,(H,16,19)(H,17,20)/t11-,12?/m1/s1. The van der Waals surface area contributed by atoms with Crippen LogP contribution in [0.1, 0.15) is 58.8 Å². The number of hydrogen-bond donors (Lipinski definition) is 3. The smallest absolute Gasteiger partial charge is 0.223 e. The largest absolute Gasteiger partial charge is 0.396 e. The van der Waals surface area contributed by atoms with E-state index >= 15 is 0 Å². The van der Waals surface area contributed by atoms with Gasteiger partial charge < -0.3 is 15.7 Å². The van der Waals surface area contributed by atoms with Gasteiger partial charge in [0.1, 0.15) is 0 Å². The van der Waals surface area contributed by atoms with Crippen molar-refractivity contribution in [1.29, 1.82) is 0 Å². The first-order valence-electron chi connectivity index (χ1n) is 7.73. The summed E-state index contributed by atoms with van der Waals surface area (Å²) in [6.45, 7) is 3.78. The molecule has 2 amide bonds. The van der Waals surface area contributed by atoms with E-state index in [1.165, 1.54) is 6.42 Å². The monoisotopic (exact) mass is 284 g/mol. The van der Waals surface area contributed by atoms with Crippen molar-refractivity contribution in [3.8, 4) is 0 Å². The Balaban J connectivity index is 2.26. The van der Waals surface area contributed by atoms with Crippen molar-refractivity contribution < 1.29 is 14.7 Å². The first-order valence-corrected chi connectivity index (χ1v) is 7.73. The van der Waals surface area contributed by atoms with Crippen LogP contribution in [0.2, 0.25) is 0 Å². The topological polar surface area (TPSA) is 78.4 Å². The third-order valence-electron chi connectivity index (χ3n) is 3.83. The Morgan fingerprint density at radius 2 is 1.75 bits per heavy atom. The molecule has 1 rings (SSSR count). The van der Waals surface area contributed by atoms with Gasteiger partial charge in [-0.2, -0.15) is 0 Å². The Labute approximate surface area is 121 Å². The number of nitrogens with one attached hydrogen (secondary N) is 2. The van der Waals surface area contributed by atoms with Crippen LogP contribution in [0.3, 0.4) is 0 Å². The summed E-state index contributed by atoms with van der Waals surface area (Å²) in [5.74, 6) is 0.137. The molecule has 0 spiro atoms. The highest BCUT2D eigenvalue weighted by molar-refractivity contribution is 5.81. The van der Waals surface area contributed by atoms with Gasteiger partial charge in [-0.25, -0.2) is 0 Å². The van der Waals surface area contributed by atoms with Crippen LogP contribution >= 0.6 is 0 Å². The molecule has 0 radical (unpaired) electrons. The molecular weight excluding hydrogens is 256 g/mol. The molecule has 0 aliphatic heterocycles. The lowest BCUT2D eigenvalue weighted by molar-refractivity contribution is -0.127. The van der Waals surface area contributed by atoms with Crippen LogP contribution in [0.15, 0.2) is 0 Å². The van der Waals surface area contributed by atoms with Crippen molar-refractivity contribution in [1.82, 2.24) is 10.6 Å². The maximum Gasteiger partial charge on any atom is 0.223 e. The molecule has 116 valence electrons. The summed E-state index contributed by atoms with van der Waals surface area (Å²) in [5, 5.41) is 14.5. The Bertz CT molecular complexity index is 314. The fourth-order valence-electron chi connectivity index (χ4n) is 2.65. The SMILES string of the molecule is CC(CC(=O)N[C@H](C)CCO)NC(=O)C1CCCCC1. The fraction of sp³-hybridized carbons (Fsp3) is 0.867. The summed E-state index contributed by atoms with van der Waals surface area (Å²) < 4.78 is 0. The van der Waals surface area contributed by atoms with Crippen LogP contribution in [0, 0.1) is 5.92 Å². The van der Waals surface area contributed by atoms with Crippen molar-refractivity contribution in [2.75, 3.05) is 6.61 Å². The van der Waals surface area contributed by atoms with Gasteiger partial charge in [0.25, 0.3) is 0 Å². The summed E-state index contributed by atoms with van der Waals surface area (Å²) in [6.07, 6.45) is 6.26. The van der Waals surface area contributed by atoms with Gasteiger partial charge >= 0.3 is 0 Å². The molecule has 5 heteroatoms. The van der Waals surface area contributed by atoms with Crippen LogP contribution in [0.5, 0.6) is 0 Å². The minimum absolute atomic E-state index is 0.0336. The molecule has 20 heavy (non-hydrogen) atoms. The van der Waals surface area contributed by atoms with E-state index in [-0.39, 0.29) is 42.8 Å². The van der Waals surface area contributed by atoms with E-state index in [1.54, 1.807) is 0 Å². The lowest BCUT2D eigenvalue weighted by atomic mass is 9.88. The van der Waals surface area contributed by atoms with Crippen LogP contribution in [-0.2, 0) is 9.59 Å². The van der Waals surface area contributed by atoms with Crippen LogP contribution < -0.4 is 10.6 Å². The van der Waals surface area contributed by atoms with Crippen molar-refractivity contribution in [2.24, 2.45) is 5.92 Å². The number of hydrogen-bond acceptors (Lipinski definition) is 3. The molecule has 0 aromatic rings. The predicted molar refractivity (Wildman–Crippen MR) is 78.1 cm³/mol. The van der Waals surface area contributed by atoms with Gasteiger partial charge in [-0.05, 0) is 33.1 Å². The highest BCUT2D eigenvalue weighted by Gasteiger charge is 2.22. The Morgan fingerprint density at radius 1 is 1.10 bits per heavy atom. The molecule has 1 unspecified atom stereocenters. The second-order valence-electron chi connectivity index (χ2n) is 5.93. The van der Waals surface area contributed by atoms with Crippen LogP contribution in [0.4, 0.5) is 0 Å². The first-order chi connectivity index (χ1) is 9.52. The molecule has 0 heterocycles. The zero-order valence-electron chi connectivity index (χ0n) is 12.7. The normalized spacial score (nSPS) is 19.1. The molecule has 1 aliphatic carbocycles. The van der Waals surface area contributed by atoms with E-state index in [2.05, 4.69) is 10.6 Å². The number of amides is 2. The molecule has 0 bridgehead atoms. The van der Waals surface area contributed by atoms with Gasteiger partial charge in [0.05, 0.1) is 0 Å². The van der Waals surface area contributed by atoms with Crippen LogP contribution in [0.25, 0.3) is 0 Å². The highest BCUT2D eigenvalue weighted by atomic mass is 16.3. The maximum absolute atomic E-state index is 12.0. The van der Waals surface area contributed by atoms with E-state index in [0.717, 1.165) is 25.7 Å². The van der Waals surface area contributed by atoms with E-state index < -0.39 is 0 Å². The zero-order chi connectivity index (χ0) is 15.0. The van der Waals surface area contributed by atoms with Crippen molar-refractivity contribution in [3.63, 3.8) is 0 Å². The van der Waals surface area contributed by atoms with E-state index in [1.807, 2.05) is 13.8 Å². The first kappa shape index (κ1) is 17.0. The molecule has 2 atom stereocenters. The quantitative estimate of drug-likeness (QED) is 0.660. The summed E-state index contributed by atoms with van der Waals surface area (Å²) in [5.41, 5.74) is 0. The van der Waals surface area contributed by atoms with Gasteiger partial charge in [-0.3, -0.25) is 9.59 Å². The van der Waals surface area contributed by atoms with Gasteiger partial charge in [0.15, 0.2) is 0 Å². The molecule has 5 nitrogen and oxygen atoms in total. The molecule has 1 fully saturated rings. The number of carbonyl (C=O) groups excluding carboxylic acids is 2. The molecule has 1 saturated carbocycles. The molecule has 0 aromatic heterocycles. The lowest BCUT2D eigenvalue weighted by Crippen LogP contribution is -2.42. The number of aliphatic hydroxyl groups excluding tert-OH is 1. The second kappa shape index (κ2) is 8.95. The average molecular weight is 284 g/mol. The van der Waals surface area contributed by atoms with E-state index in [4.69, 9.17) is 5.11 Å². The summed E-state index contributed by atoms with van der Waals surface area (Å²) in [4.78, 5) is 23.8. The maximum atomic E-state index is 12.0. The Kier molecular flexibility index (Phi) is 7.59. The van der Waals surface area contributed by atoms with E-state index in [9.17, 15) is 9.59 Å². The van der Waals surface area contributed by atoms with Gasteiger partial charge in [-0.15, -0.1) is 0 Å². The van der Waals surface area contributed by atoms with Gasteiger partial charge in [-0.1, -0.05) is 19.3 Å². The van der Waals surface area contributed by atoms with Crippen molar-refractivity contribution in [2.45, 2.75) is 70.9 Å². The third-order valence-corrected chi connectivity index (χ3v) is 3.83. The minimum Gasteiger partial charge on any atom is -0.396 e. The molecule has 0 saturated heterocycles. The third kappa shape index (κ3) is 6.37. The van der Waals surface area contributed by atoms with Gasteiger partial charge in [0.2, 0.25) is 11.8 Å². The summed E-state index contributed by atoms with van der Waals surface area (Å²) in [6, 6.07) is -0.181. The number of carbonyl (C=O) groups is 2. The van der Waals surface area contributed by atoms with Gasteiger partial charge in [0, 0.05) is 31.0 Å². The van der Waals surface area contributed by atoms with E-state index in [0.29, 0.717) is 6.42 Å². The lowest BCUT2D eigenvalue weighted by Gasteiger charge is -2.23. The fourth-order valence-corrected chi connectivity index (χ4v) is 2.65. The van der Waals surface area contributed by atoms with Crippen molar-refractivity contribution in [3.05, 3.63) is 0 Å². The Hall–Kier alpha value is -1.10. The molecule has 3 N–H and O–H groups in total. The summed E-state index contributed by atoms with van der Waals surface area (Å²) >= 11 is 0. The second-order valence-corrected chi connectivity index (χ2v) is 5.93. The number of aliphatic hydroxyl groups is 1. The minimum atomic E-state index is -0.147. The van der Waals surface area contributed by atoms with Crippen molar-refractivity contribution >= 4 is 11.8 Å². The summed E-state index contributed by atoms with van der Waals surface area (Å²) in [7, 11) is 0. The van der Waals surface area contributed by atoms with Crippen LogP contribution in [-0.4, -0.2) is 35.6 Å². The molecule has 1 aliphatic rings.